The number of aliphatic carboxylic acids is 1. The molecule has 0 aliphatic carbocycles. The second kappa shape index (κ2) is 12.3. The first kappa shape index (κ1) is 26.1. The molecule has 0 aliphatic heterocycles. The molecule has 0 unspecified atom stereocenters. The number of carboxylic acids is 1. The number of carbonyl (C=O) groups excluding carboxylic acids is 2. The molecule has 0 aliphatic rings. The van der Waals surface area contributed by atoms with Gasteiger partial charge in [-0.15, -0.1) is 0 Å². The molecule has 9 heteroatoms. The third-order valence-corrected chi connectivity index (χ3v) is 5.57. The van der Waals surface area contributed by atoms with Crippen LogP contribution in [0.1, 0.15) is 29.2 Å². The van der Waals surface area contributed by atoms with Crippen LogP contribution < -0.4 is 15.2 Å². The molecule has 9 nitrogen and oxygen atoms in total. The van der Waals surface area contributed by atoms with Gasteiger partial charge in [0, 0.05) is 0 Å². The Morgan fingerprint density at radius 1 is 0.833 bits per heavy atom. The number of amides is 2. The Labute approximate surface area is 209 Å². The molecule has 36 heavy (non-hydrogen) atoms. The second-order valence-corrected chi connectivity index (χ2v) is 7.92. The molecule has 1 atom stereocenters. The molecule has 3 aromatic carbocycles. The fourth-order valence-electron chi connectivity index (χ4n) is 3.79. The van der Waals surface area contributed by atoms with E-state index < -0.39 is 36.5 Å². The molecule has 2 amide bonds. The first-order chi connectivity index (χ1) is 17.3. The monoisotopic (exact) mass is 492 g/mol. The first-order valence-corrected chi connectivity index (χ1v) is 11.1. The summed E-state index contributed by atoms with van der Waals surface area (Å²) in [4.78, 5) is 38.7. The van der Waals surface area contributed by atoms with Gasteiger partial charge in [-0.05, 0) is 41.0 Å². The van der Waals surface area contributed by atoms with Gasteiger partial charge < -0.3 is 25.1 Å². The third-order valence-electron chi connectivity index (χ3n) is 5.57. The van der Waals surface area contributed by atoms with Crippen LogP contribution in [0.3, 0.4) is 0 Å². The van der Waals surface area contributed by atoms with Crippen molar-refractivity contribution in [3.05, 3.63) is 95.6 Å². The Balaban J connectivity index is 2.11. The summed E-state index contributed by atoms with van der Waals surface area (Å²) in [6, 6.07) is 20.1. The molecule has 0 heterocycles. The number of methoxy groups -OCH3 is 2. The summed E-state index contributed by atoms with van der Waals surface area (Å²) in [6.07, 6.45) is -1.51. The Morgan fingerprint density at radius 2 is 1.33 bits per heavy atom. The number of carboxylic acid groups (broad SMARTS) is 1. The molecule has 0 spiro atoms. The molecule has 0 saturated carbocycles. The average Bonchev–Trinajstić information content (AvgIpc) is 2.90. The van der Waals surface area contributed by atoms with Crippen LogP contribution in [0.5, 0.6) is 11.5 Å². The van der Waals surface area contributed by atoms with Gasteiger partial charge in [0.25, 0.3) is 0 Å². The molecule has 0 fully saturated rings. The molecular formula is C27H28N2O7. The van der Waals surface area contributed by atoms with Crippen molar-refractivity contribution in [1.82, 2.24) is 4.90 Å². The summed E-state index contributed by atoms with van der Waals surface area (Å²) in [6.45, 7) is -0.0863. The SMILES string of the molecule is COc1ccc(C(c2ccc(OC)cc2)N(C(=O)OCc2ccccc2)[C@@H](CC(N)=O)C(=O)O)cc1. The highest BCUT2D eigenvalue weighted by atomic mass is 16.6. The first-order valence-electron chi connectivity index (χ1n) is 11.1. The normalized spacial score (nSPS) is 11.4. The van der Waals surface area contributed by atoms with E-state index in [1.807, 2.05) is 6.07 Å². The molecule has 188 valence electrons. The van der Waals surface area contributed by atoms with E-state index in [0.717, 1.165) is 10.5 Å². The number of benzene rings is 3. The smallest absolute Gasteiger partial charge is 0.411 e. The Bertz CT molecular complexity index is 1120. The minimum absolute atomic E-state index is 0.0863. The predicted octanol–water partition coefficient (Wildman–Crippen LogP) is 3.76. The molecular weight excluding hydrogens is 464 g/mol. The van der Waals surface area contributed by atoms with E-state index >= 15 is 0 Å². The number of hydrogen-bond acceptors (Lipinski definition) is 6. The molecule has 3 N–H and O–H groups in total. The number of nitrogens with two attached hydrogens (primary N) is 1. The zero-order chi connectivity index (χ0) is 26.1. The van der Waals surface area contributed by atoms with Gasteiger partial charge in [0.2, 0.25) is 5.91 Å². The average molecular weight is 493 g/mol. The Hall–Kier alpha value is -4.53. The number of nitrogens with zero attached hydrogens (tertiary/aromatic N) is 1. The second-order valence-electron chi connectivity index (χ2n) is 7.92. The van der Waals surface area contributed by atoms with E-state index in [4.69, 9.17) is 19.9 Å². The quantitative estimate of drug-likeness (QED) is 0.417. The lowest BCUT2D eigenvalue weighted by Crippen LogP contribution is -2.49. The fourth-order valence-corrected chi connectivity index (χ4v) is 3.79. The molecule has 3 aromatic rings. The van der Waals surface area contributed by atoms with Gasteiger partial charge in [-0.25, -0.2) is 9.59 Å². The highest BCUT2D eigenvalue weighted by Crippen LogP contribution is 2.34. The van der Waals surface area contributed by atoms with Crippen LogP contribution >= 0.6 is 0 Å². The highest BCUT2D eigenvalue weighted by molar-refractivity contribution is 5.87. The standard InChI is InChI=1S/C27H28N2O7/c1-34-21-12-8-19(9-13-21)25(20-10-14-22(35-2)15-11-20)29(23(26(31)32)16-24(28)30)27(33)36-17-18-6-4-3-5-7-18/h3-15,23,25H,16-17H2,1-2H3,(H2,28,30)(H,31,32)/t23-/m0/s1. The number of carbonyl (C=O) groups is 3. The number of rotatable bonds is 11. The van der Waals surface area contributed by atoms with E-state index in [-0.39, 0.29) is 6.61 Å². The van der Waals surface area contributed by atoms with E-state index in [0.29, 0.717) is 22.6 Å². The molecule has 0 saturated heterocycles. The third kappa shape index (κ3) is 6.53. The van der Waals surface area contributed by atoms with Gasteiger partial charge in [-0.3, -0.25) is 9.69 Å². The van der Waals surface area contributed by atoms with Crippen molar-refractivity contribution in [1.29, 1.82) is 0 Å². The van der Waals surface area contributed by atoms with Crippen LogP contribution in [0.25, 0.3) is 0 Å². The number of hydrogen-bond donors (Lipinski definition) is 2. The van der Waals surface area contributed by atoms with Crippen LogP contribution in [-0.4, -0.2) is 48.2 Å². The van der Waals surface area contributed by atoms with Crippen LogP contribution in [0.15, 0.2) is 78.9 Å². The van der Waals surface area contributed by atoms with Crippen molar-refractivity contribution in [3.63, 3.8) is 0 Å². The maximum absolute atomic E-state index is 13.5. The number of primary amides is 1. The zero-order valence-corrected chi connectivity index (χ0v) is 20.0. The minimum atomic E-state index is -1.58. The summed E-state index contributed by atoms with van der Waals surface area (Å²) in [5, 5.41) is 10.0. The molecule has 0 radical (unpaired) electrons. The lowest BCUT2D eigenvalue weighted by Gasteiger charge is -2.35. The molecule has 0 aromatic heterocycles. The summed E-state index contributed by atoms with van der Waals surface area (Å²) >= 11 is 0. The van der Waals surface area contributed by atoms with E-state index in [1.165, 1.54) is 14.2 Å². The van der Waals surface area contributed by atoms with Gasteiger partial charge in [-0.1, -0.05) is 54.6 Å². The minimum Gasteiger partial charge on any atom is -0.497 e. The Kier molecular flexibility index (Phi) is 8.88. The lowest BCUT2D eigenvalue weighted by atomic mass is 9.95. The van der Waals surface area contributed by atoms with Gasteiger partial charge in [0.05, 0.1) is 26.7 Å². The van der Waals surface area contributed by atoms with Crippen LogP contribution in [0, 0.1) is 0 Å². The molecule has 0 bridgehead atoms. The van der Waals surface area contributed by atoms with Crippen molar-refractivity contribution < 1.29 is 33.7 Å². The van der Waals surface area contributed by atoms with Crippen molar-refractivity contribution in [2.75, 3.05) is 14.2 Å². The highest BCUT2D eigenvalue weighted by Gasteiger charge is 2.39. The van der Waals surface area contributed by atoms with Crippen LogP contribution in [0.2, 0.25) is 0 Å². The summed E-state index contributed by atoms with van der Waals surface area (Å²) in [7, 11) is 3.05. The molecule has 3 rings (SSSR count). The van der Waals surface area contributed by atoms with Crippen molar-refractivity contribution in [3.8, 4) is 11.5 Å². The fraction of sp³-hybridized carbons (Fsp3) is 0.222. The summed E-state index contributed by atoms with van der Waals surface area (Å²) in [5.74, 6) is -1.10. The lowest BCUT2D eigenvalue weighted by molar-refractivity contribution is -0.145. The summed E-state index contributed by atoms with van der Waals surface area (Å²) in [5.41, 5.74) is 7.25. The van der Waals surface area contributed by atoms with Crippen LogP contribution in [0.4, 0.5) is 4.79 Å². The van der Waals surface area contributed by atoms with E-state index in [9.17, 15) is 19.5 Å². The van der Waals surface area contributed by atoms with Crippen molar-refractivity contribution in [2.24, 2.45) is 5.73 Å². The van der Waals surface area contributed by atoms with E-state index in [2.05, 4.69) is 0 Å². The topological polar surface area (TPSA) is 128 Å². The maximum Gasteiger partial charge on any atom is 0.411 e. The van der Waals surface area contributed by atoms with Crippen molar-refractivity contribution in [2.45, 2.75) is 25.1 Å². The van der Waals surface area contributed by atoms with Gasteiger partial charge in [0.15, 0.2) is 0 Å². The summed E-state index contributed by atoms with van der Waals surface area (Å²) < 4.78 is 16.0. The zero-order valence-electron chi connectivity index (χ0n) is 20.0. The van der Waals surface area contributed by atoms with Crippen LogP contribution in [-0.2, 0) is 20.9 Å². The maximum atomic E-state index is 13.5. The van der Waals surface area contributed by atoms with E-state index in [1.54, 1.807) is 72.8 Å². The number of ether oxygens (including phenoxy) is 3. The van der Waals surface area contributed by atoms with Gasteiger partial charge in [0.1, 0.15) is 24.1 Å². The van der Waals surface area contributed by atoms with Gasteiger partial charge >= 0.3 is 12.1 Å². The largest absolute Gasteiger partial charge is 0.497 e. The Morgan fingerprint density at radius 3 is 1.75 bits per heavy atom. The predicted molar refractivity (Wildman–Crippen MR) is 132 cm³/mol. The van der Waals surface area contributed by atoms with Gasteiger partial charge in [-0.2, -0.15) is 0 Å². The van der Waals surface area contributed by atoms with Crippen molar-refractivity contribution >= 4 is 18.0 Å².